The van der Waals surface area contributed by atoms with Gasteiger partial charge < -0.3 is 4.57 Å². The van der Waals surface area contributed by atoms with Crippen LogP contribution in [0, 0.1) is 0 Å². The first-order valence-electron chi connectivity index (χ1n) is 6.80. The topological polar surface area (TPSA) is 17.1 Å². The molecule has 15 heavy (non-hydrogen) atoms. The zero-order chi connectivity index (χ0) is 11.1. The normalized spacial score (nSPS) is 18.5. The maximum absolute atomic E-state index is 12.9. The molecule has 0 bridgehead atoms. The van der Waals surface area contributed by atoms with Crippen molar-refractivity contribution in [1.82, 2.24) is 0 Å². The summed E-state index contributed by atoms with van der Waals surface area (Å²) in [5.74, 6) is 0. The Morgan fingerprint density at radius 2 is 1.47 bits per heavy atom. The van der Waals surface area contributed by atoms with Gasteiger partial charge in [-0.25, -0.2) is 0 Å². The second-order valence-corrected chi connectivity index (χ2v) is 8.57. The van der Waals surface area contributed by atoms with Crippen molar-refractivity contribution in [3.63, 3.8) is 0 Å². The minimum atomic E-state index is -1.80. The number of hydrogen-bond acceptors (Lipinski definition) is 1. The van der Waals surface area contributed by atoms with Crippen LogP contribution in [0.3, 0.4) is 0 Å². The Hall–Kier alpha value is 0.230. The van der Waals surface area contributed by atoms with Gasteiger partial charge in [-0.05, 0) is 25.7 Å². The summed E-state index contributed by atoms with van der Waals surface area (Å²) in [6.07, 6.45) is 12.0. The Bertz CT molecular complexity index is 195. The Kier molecular flexibility index (Phi) is 5.97. The van der Waals surface area contributed by atoms with E-state index in [1.165, 1.54) is 51.4 Å². The Morgan fingerprint density at radius 3 is 1.87 bits per heavy atom. The lowest BCUT2D eigenvalue weighted by molar-refractivity contribution is 0.557. The Balaban J connectivity index is 2.53. The highest BCUT2D eigenvalue weighted by Crippen LogP contribution is 2.57. The molecule has 0 heterocycles. The van der Waals surface area contributed by atoms with Crippen LogP contribution in [0.4, 0.5) is 0 Å². The molecule has 0 aliphatic heterocycles. The van der Waals surface area contributed by atoms with Gasteiger partial charge in [-0.1, -0.05) is 39.5 Å². The van der Waals surface area contributed by atoms with Gasteiger partial charge in [-0.3, -0.25) is 0 Å². The molecule has 0 aromatic rings. The highest BCUT2D eigenvalue weighted by molar-refractivity contribution is 7.64. The fourth-order valence-electron chi connectivity index (χ4n) is 2.70. The molecule has 1 fully saturated rings. The molecule has 0 amide bonds. The van der Waals surface area contributed by atoms with E-state index in [0.717, 1.165) is 12.3 Å². The minimum Gasteiger partial charge on any atom is -0.323 e. The summed E-state index contributed by atoms with van der Waals surface area (Å²) >= 11 is 0. The van der Waals surface area contributed by atoms with Crippen LogP contribution in [0.15, 0.2) is 0 Å². The zero-order valence-corrected chi connectivity index (χ0v) is 11.4. The average molecular weight is 230 g/mol. The molecule has 1 aliphatic carbocycles. The minimum absolute atomic E-state index is 0.607. The predicted molar refractivity (Wildman–Crippen MR) is 69.4 cm³/mol. The molecule has 1 saturated carbocycles. The molecule has 0 unspecified atom stereocenters. The molecular formula is C13H27OP. The van der Waals surface area contributed by atoms with Crippen LogP contribution in [-0.2, 0) is 4.57 Å². The first kappa shape index (κ1) is 13.3. The molecular weight excluding hydrogens is 203 g/mol. The summed E-state index contributed by atoms with van der Waals surface area (Å²) in [4.78, 5) is 0. The van der Waals surface area contributed by atoms with Gasteiger partial charge in [-0.2, -0.15) is 0 Å². The summed E-state index contributed by atoms with van der Waals surface area (Å²) in [5, 5.41) is 0. The smallest absolute Gasteiger partial charge is 0.0906 e. The molecule has 90 valence electrons. The van der Waals surface area contributed by atoms with Crippen LogP contribution in [-0.4, -0.2) is 18.0 Å². The van der Waals surface area contributed by atoms with Crippen LogP contribution in [0.25, 0.3) is 0 Å². The van der Waals surface area contributed by atoms with Gasteiger partial charge in [0.25, 0.3) is 0 Å². The molecule has 0 N–H and O–H groups in total. The van der Waals surface area contributed by atoms with Crippen molar-refractivity contribution < 1.29 is 4.57 Å². The lowest BCUT2D eigenvalue weighted by atomic mass is 10.4. The molecule has 0 atom stereocenters. The number of unbranched alkanes of at least 4 members (excludes halogenated alkanes) is 2. The van der Waals surface area contributed by atoms with E-state index in [2.05, 4.69) is 13.8 Å². The van der Waals surface area contributed by atoms with Crippen LogP contribution in [0.1, 0.15) is 65.2 Å². The monoisotopic (exact) mass is 230 g/mol. The molecule has 0 spiro atoms. The first-order valence-corrected chi connectivity index (χ1v) is 8.95. The van der Waals surface area contributed by atoms with Crippen molar-refractivity contribution in [3.05, 3.63) is 0 Å². The summed E-state index contributed by atoms with van der Waals surface area (Å²) in [5.41, 5.74) is 0.607. The van der Waals surface area contributed by atoms with E-state index >= 15 is 0 Å². The summed E-state index contributed by atoms with van der Waals surface area (Å²) < 4.78 is 12.9. The third-order valence-corrected chi connectivity index (χ3v) is 7.76. The molecule has 2 heteroatoms. The largest absolute Gasteiger partial charge is 0.323 e. The summed E-state index contributed by atoms with van der Waals surface area (Å²) in [6, 6.07) is 0. The van der Waals surface area contributed by atoms with Crippen molar-refractivity contribution in [3.8, 4) is 0 Å². The predicted octanol–water partition coefficient (Wildman–Crippen LogP) is 4.89. The van der Waals surface area contributed by atoms with E-state index < -0.39 is 7.14 Å². The van der Waals surface area contributed by atoms with Gasteiger partial charge in [0.1, 0.15) is 0 Å². The van der Waals surface area contributed by atoms with Crippen molar-refractivity contribution >= 4 is 7.14 Å². The highest BCUT2D eigenvalue weighted by atomic mass is 31.2. The van der Waals surface area contributed by atoms with Crippen LogP contribution in [0.5, 0.6) is 0 Å². The van der Waals surface area contributed by atoms with E-state index in [4.69, 9.17) is 0 Å². The van der Waals surface area contributed by atoms with Crippen LogP contribution >= 0.6 is 7.14 Å². The Labute approximate surface area is 95.4 Å². The average Bonchev–Trinajstić information content (AvgIpc) is 2.77. The molecule has 0 radical (unpaired) electrons. The maximum Gasteiger partial charge on any atom is 0.0906 e. The lowest BCUT2D eigenvalue weighted by Gasteiger charge is -2.24. The molecule has 0 aromatic heterocycles. The van der Waals surface area contributed by atoms with Crippen molar-refractivity contribution in [2.45, 2.75) is 70.9 Å². The third-order valence-electron chi connectivity index (χ3n) is 3.77. The van der Waals surface area contributed by atoms with E-state index in [0.29, 0.717) is 5.66 Å². The molecule has 1 aliphatic rings. The second kappa shape index (κ2) is 6.74. The van der Waals surface area contributed by atoms with Gasteiger partial charge in [-0.15, -0.1) is 0 Å². The maximum atomic E-state index is 12.9. The fraction of sp³-hybridized carbons (Fsp3) is 1.00. The Morgan fingerprint density at radius 1 is 1.00 bits per heavy atom. The second-order valence-electron chi connectivity index (χ2n) is 5.04. The standard InChI is InChI=1S/C13H27OP/c1-3-5-11-15(14,12-6-4-2)13-9-7-8-10-13/h13H,3-12H2,1-2H3. The summed E-state index contributed by atoms with van der Waals surface area (Å²) in [6.45, 7) is 4.41. The first-order chi connectivity index (χ1) is 7.23. The highest BCUT2D eigenvalue weighted by Gasteiger charge is 2.33. The quantitative estimate of drug-likeness (QED) is 0.569. The van der Waals surface area contributed by atoms with E-state index in [-0.39, 0.29) is 0 Å². The third kappa shape index (κ3) is 3.94. The molecule has 1 nitrogen and oxygen atoms in total. The SMILES string of the molecule is CCCCP(=O)(CCCC)C1CCCC1. The molecule has 0 saturated heterocycles. The van der Waals surface area contributed by atoms with Gasteiger partial charge in [0.2, 0.25) is 0 Å². The van der Waals surface area contributed by atoms with Gasteiger partial charge in [0, 0.05) is 18.0 Å². The molecule has 1 rings (SSSR count). The van der Waals surface area contributed by atoms with Crippen molar-refractivity contribution in [1.29, 1.82) is 0 Å². The number of hydrogen-bond donors (Lipinski definition) is 0. The fourth-order valence-corrected chi connectivity index (χ4v) is 6.67. The van der Waals surface area contributed by atoms with Gasteiger partial charge in [0.15, 0.2) is 0 Å². The van der Waals surface area contributed by atoms with Crippen LogP contribution < -0.4 is 0 Å². The van der Waals surface area contributed by atoms with Gasteiger partial charge in [0.05, 0.1) is 7.14 Å². The zero-order valence-electron chi connectivity index (χ0n) is 10.5. The van der Waals surface area contributed by atoms with Gasteiger partial charge >= 0.3 is 0 Å². The van der Waals surface area contributed by atoms with E-state index in [1.54, 1.807) is 0 Å². The lowest BCUT2D eigenvalue weighted by Crippen LogP contribution is -2.10. The van der Waals surface area contributed by atoms with Crippen LogP contribution in [0.2, 0.25) is 0 Å². The number of rotatable bonds is 7. The van der Waals surface area contributed by atoms with Crippen molar-refractivity contribution in [2.24, 2.45) is 0 Å². The van der Waals surface area contributed by atoms with E-state index in [9.17, 15) is 4.57 Å². The molecule has 0 aromatic carbocycles. The van der Waals surface area contributed by atoms with Crippen molar-refractivity contribution in [2.75, 3.05) is 12.3 Å². The summed E-state index contributed by atoms with van der Waals surface area (Å²) in [7, 11) is -1.80. The van der Waals surface area contributed by atoms with E-state index in [1.807, 2.05) is 0 Å².